The van der Waals surface area contributed by atoms with Crippen LogP contribution in [0.5, 0.6) is 0 Å². The molecule has 0 saturated carbocycles. The van der Waals surface area contributed by atoms with Crippen LogP contribution in [0.1, 0.15) is 59.3 Å². The second-order valence-corrected chi connectivity index (χ2v) is 5.69. The maximum atomic E-state index is 11.6. The summed E-state index contributed by atoms with van der Waals surface area (Å²) in [5, 5.41) is 13.9. The van der Waals surface area contributed by atoms with E-state index in [-0.39, 0.29) is 30.4 Å². The molecule has 23 heavy (non-hydrogen) atoms. The Morgan fingerprint density at radius 2 is 1.70 bits per heavy atom. The maximum absolute atomic E-state index is 11.6. The summed E-state index contributed by atoms with van der Waals surface area (Å²) < 4.78 is 0. The van der Waals surface area contributed by atoms with Crippen molar-refractivity contribution in [3.05, 3.63) is 0 Å². The van der Waals surface area contributed by atoms with E-state index in [1.165, 1.54) is 6.92 Å². The van der Waals surface area contributed by atoms with Gasteiger partial charge in [0.1, 0.15) is 11.8 Å². The zero-order chi connectivity index (χ0) is 17.8. The summed E-state index contributed by atoms with van der Waals surface area (Å²) in [7, 11) is 0. The van der Waals surface area contributed by atoms with Gasteiger partial charge in [-0.3, -0.25) is 14.4 Å². The second-order valence-electron chi connectivity index (χ2n) is 5.69. The first-order valence-corrected chi connectivity index (χ1v) is 8.05. The summed E-state index contributed by atoms with van der Waals surface area (Å²) in [5.74, 6) is -1.52. The standard InChI is InChI=1S/C16H28N2O5/c1-4-13(11(2)19)7-5-6-10-17-15(21)9-8-14(16(22)23)18-12(3)20/h13-14H,4-10H2,1-3H3,(H,17,21)(H,18,20)(H,22,23). The summed E-state index contributed by atoms with van der Waals surface area (Å²) >= 11 is 0. The predicted molar refractivity (Wildman–Crippen MR) is 85.8 cm³/mol. The first-order chi connectivity index (χ1) is 10.8. The smallest absolute Gasteiger partial charge is 0.326 e. The minimum absolute atomic E-state index is 0.0439. The molecule has 0 bridgehead atoms. The van der Waals surface area contributed by atoms with Gasteiger partial charge >= 0.3 is 5.97 Å². The average Bonchev–Trinajstić information content (AvgIpc) is 2.46. The molecule has 7 heteroatoms. The van der Waals surface area contributed by atoms with E-state index in [2.05, 4.69) is 10.6 Å². The van der Waals surface area contributed by atoms with Crippen LogP contribution in [0.15, 0.2) is 0 Å². The zero-order valence-electron chi connectivity index (χ0n) is 14.2. The van der Waals surface area contributed by atoms with Gasteiger partial charge in [0.2, 0.25) is 11.8 Å². The summed E-state index contributed by atoms with van der Waals surface area (Å²) in [4.78, 5) is 44.7. The summed E-state index contributed by atoms with van der Waals surface area (Å²) in [6, 6.07) is -1.04. The molecule has 0 heterocycles. The van der Waals surface area contributed by atoms with Crippen molar-refractivity contribution >= 4 is 23.6 Å². The highest BCUT2D eigenvalue weighted by Crippen LogP contribution is 2.13. The highest BCUT2D eigenvalue weighted by atomic mass is 16.4. The number of unbranched alkanes of at least 4 members (excludes halogenated alkanes) is 1. The Hall–Kier alpha value is -1.92. The minimum atomic E-state index is -1.15. The van der Waals surface area contributed by atoms with Crippen LogP contribution in [0.2, 0.25) is 0 Å². The lowest BCUT2D eigenvalue weighted by atomic mass is 9.95. The molecule has 0 aliphatic heterocycles. The van der Waals surface area contributed by atoms with E-state index in [4.69, 9.17) is 5.11 Å². The third kappa shape index (κ3) is 10.4. The van der Waals surface area contributed by atoms with Gasteiger partial charge in [-0.25, -0.2) is 4.79 Å². The average molecular weight is 328 g/mol. The quantitative estimate of drug-likeness (QED) is 0.467. The lowest BCUT2D eigenvalue weighted by Gasteiger charge is -2.13. The Kier molecular flexibility index (Phi) is 10.7. The molecule has 0 radical (unpaired) electrons. The topological polar surface area (TPSA) is 113 Å². The van der Waals surface area contributed by atoms with Gasteiger partial charge < -0.3 is 15.7 Å². The van der Waals surface area contributed by atoms with Crippen LogP contribution in [0, 0.1) is 5.92 Å². The second kappa shape index (κ2) is 11.6. The SMILES string of the molecule is CCC(CCCCNC(=O)CCC(NC(C)=O)C(=O)O)C(C)=O. The molecule has 0 saturated heterocycles. The van der Waals surface area contributed by atoms with Gasteiger partial charge in [0.25, 0.3) is 0 Å². The Bertz CT molecular complexity index is 423. The number of hydrogen-bond acceptors (Lipinski definition) is 4. The molecule has 0 fully saturated rings. The molecule has 0 rings (SSSR count). The number of nitrogens with one attached hydrogen (secondary N) is 2. The molecule has 2 amide bonds. The van der Waals surface area contributed by atoms with Crippen LogP contribution in [0.25, 0.3) is 0 Å². The number of ketones is 1. The molecule has 3 N–H and O–H groups in total. The molecule has 0 aliphatic carbocycles. The summed E-state index contributed by atoms with van der Waals surface area (Å²) in [5.41, 5.74) is 0. The highest BCUT2D eigenvalue weighted by molar-refractivity contribution is 5.83. The van der Waals surface area contributed by atoms with Crippen molar-refractivity contribution in [3.63, 3.8) is 0 Å². The Morgan fingerprint density at radius 3 is 2.17 bits per heavy atom. The van der Waals surface area contributed by atoms with E-state index < -0.39 is 17.9 Å². The Balaban J connectivity index is 3.88. The molecule has 7 nitrogen and oxygen atoms in total. The van der Waals surface area contributed by atoms with E-state index in [0.29, 0.717) is 6.54 Å². The number of carbonyl (C=O) groups excluding carboxylic acids is 3. The van der Waals surface area contributed by atoms with Crippen LogP contribution in [-0.4, -0.2) is 41.3 Å². The Labute approximate surface area is 137 Å². The summed E-state index contributed by atoms with van der Waals surface area (Å²) in [6.07, 6.45) is 3.41. The van der Waals surface area contributed by atoms with Gasteiger partial charge in [0.05, 0.1) is 0 Å². The van der Waals surface area contributed by atoms with Crippen LogP contribution < -0.4 is 10.6 Å². The number of carbonyl (C=O) groups is 4. The van der Waals surface area contributed by atoms with Crippen molar-refractivity contribution < 1.29 is 24.3 Å². The molecular formula is C16H28N2O5. The van der Waals surface area contributed by atoms with Crippen LogP contribution in [0.3, 0.4) is 0 Å². The first kappa shape index (κ1) is 21.1. The number of carboxylic acids is 1. The fourth-order valence-electron chi connectivity index (χ4n) is 2.30. The van der Waals surface area contributed by atoms with Crippen molar-refractivity contribution in [1.82, 2.24) is 10.6 Å². The fraction of sp³-hybridized carbons (Fsp3) is 0.750. The molecular weight excluding hydrogens is 300 g/mol. The molecule has 0 spiro atoms. The maximum Gasteiger partial charge on any atom is 0.326 e. The number of carboxylic acid groups (broad SMARTS) is 1. The van der Waals surface area contributed by atoms with Gasteiger partial charge in [-0.2, -0.15) is 0 Å². The molecule has 0 aromatic carbocycles. The number of amides is 2. The van der Waals surface area contributed by atoms with Crippen LogP contribution in [-0.2, 0) is 19.2 Å². The third-order valence-corrected chi connectivity index (χ3v) is 3.70. The van der Waals surface area contributed by atoms with Crippen molar-refractivity contribution in [1.29, 1.82) is 0 Å². The molecule has 0 aliphatic rings. The fourth-order valence-corrected chi connectivity index (χ4v) is 2.30. The first-order valence-electron chi connectivity index (χ1n) is 8.05. The van der Waals surface area contributed by atoms with Crippen molar-refractivity contribution in [2.75, 3.05) is 6.54 Å². The van der Waals surface area contributed by atoms with E-state index in [1.807, 2.05) is 6.92 Å². The lowest BCUT2D eigenvalue weighted by Crippen LogP contribution is -2.40. The minimum Gasteiger partial charge on any atom is -0.480 e. The molecule has 0 aromatic heterocycles. The van der Waals surface area contributed by atoms with E-state index in [9.17, 15) is 19.2 Å². The van der Waals surface area contributed by atoms with E-state index in [0.717, 1.165) is 25.7 Å². The molecule has 2 unspecified atom stereocenters. The van der Waals surface area contributed by atoms with Gasteiger partial charge in [-0.1, -0.05) is 13.3 Å². The Morgan fingerprint density at radius 1 is 1.04 bits per heavy atom. The molecule has 2 atom stereocenters. The number of rotatable bonds is 12. The van der Waals surface area contributed by atoms with E-state index in [1.54, 1.807) is 6.92 Å². The molecule has 132 valence electrons. The van der Waals surface area contributed by atoms with Crippen molar-refractivity contribution in [2.45, 2.75) is 65.3 Å². The van der Waals surface area contributed by atoms with Gasteiger partial charge in [-0.05, 0) is 32.6 Å². The van der Waals surface area contributed by atoms with Crippen molar-refractivity contribution in [3.8, 4) is 0 Å². The summed E-state index contributed by atoms with van der Waals surface area (Å²) in [6.45, 7) is 5.33. The monoisotopic (exact) mass is 328 g/mol. The number of aliphatic carboxylic acids is 1. The normalized spacial score (nSPS) is 13.0. The van der Waals surface area contributed by atoms with Crippen molar-refractivity contribution in [2.24, 2.45) is 5.92 Å². The predicted octanol–water partition coefficient (Wildman–Crippen LogP) is 1.26. The molecule has 0 aromatic rings. The lowest BCUT2D eigenvalue weighted by molar-refractivity contribution is -0.141. The third-order valence-electron chi connectivity index (χ3n) is 3.70. The van der Waals surface area contributed by atoms with Crippen LogP contribution >= 0.6 is 0 Å². The van der Waals surface area contributed by atoms with Crippen LogP contribution in [0.4, 0.5) is 0 Å². The van der Waals surface area contributed by atoms with Gasteiger partial charge in [-0.15, -0.1) is 0 Å². The van der Waals surface area contributed by atoms with E-state index >= 15 is 0 Å². The van der Waals surface area contributed by atoms with Gasteiger partial charge in [0.15, 0.2) is 0 Å². The zero-order valence-corrected chi connectivity index (χ0v) is 14.2. The number of hydrogen-bond donors (Lipinski definition) is 3. The van der Waals surface area contributed by atoms with Gasteiger partial charge in [0, 0.05) is 25.8 Å². The largest absolute Gasteiger partial charge is 0.480 e. The number of Topliss-reactive ketones (excluding diaryl/α,β-unsaturated/α-hetero) is 1. The highest BCUT2D eigenvalue weighted by Gasteiger charge is 2.19.